The molecule has 2 bridgehead atoms. The molecule has 2 atom stereocenters. The SMILES string of the molecule is O=C(O)c1cccc(C(=O)c2ccc(Cl)cc2)c1C1C2CNCC1CN(Cc1ccccc1)C2. The van der Waals surface area contributed by atoms with E-state index in [1.165, 1.54) is 5.56 Å². The third-order valence-corrected chi connectivity index (χ3v) is 7.34. The number of carbonyl (C=O) groups is 2. The fraction of sp³-hybridized carbons (Fsp3) is 0.286. The Morgan fingerprint density at radius 3 is 2.18 bits per heavy atom. The first kappa shape index (κ1) is 22.8. The van der Waals surface area contributed by atoms with Crippen molar-refractivity contribution in [3.05, 3.63) is 106 Å². The highest BCUT2D eigenvalue weighted by molar-refractivity contribution is 6.30. The van der Waals surface area contributed by atoms with E-state index in [2.05, 4.69) is 34.5 Å². The largest absolute Gasteiger partial charge is 0.478 e. The average molecular weight is 475 g/mol. The summed E-state index contributed by atoms with van der Waals surface area (Å²) in [5, 5.41) is 14.2. The van der Waals surface area contributed by atoms with Crippen molar-refractivity contribution in [2.45, 2.75) is 12.5 Å². The Morgan fingerprint density at radius 1 is 0.882 bits per heavy atom. The van der Waals surface area contributed by atoms with Gasteiger partial charge in [-0.3, -0.25) is 9.69 Å². The Labute approximate surface area is 204 Å². The molecule has 2 unspecified atom stereocenters. The lowest BCUT2D eigenvalue weighted by Crippen LogP contribution is -2.55. The molecule has 2 saturated heterocycles. The van der Waals surface area contributed by atoms with Crippen molar-refractivity contribution in [1.82, 2.24) is 10.2 Å². The number of fused-ring (bicyclic) bond motifs is 2. The molecule has 0 radical (unpaired) electrons. The van der Waals surface area contributed by atoms with E-state index in [1.54, 1.807) is 42.5 Å². The lowest BCUT2D eigenvalue weighted by Gasteiger charge is -2.48. The molecular formula is C28H27ClN2O3. The van der Waals surface area contributed by atoms with Crippen LogP contribution in [0.4, 0.5) is 0 Å². The van der Waals surface area contributed by atoms with Gasteiger partial charge in [-0.2, -0.15) is 0 Å². The van der Waals surface area contributed by atoms with Gasteiger partial charge >= 0.3 is 5.97 Å². The molecule has 174 valence electrons. The quantitative estimate of drug-likeness (QED) is 0.506. The lowest BCUT2D eigenvalue weighted by atomic mass is 9.68. The van der Waals surface area contributed by atoms with Crippen LogP contribution in [-0.4, -0.2) is 47.9 Å². The molecule has 5 rings (SSSR count). The Bertz CT molecular complexity index is 1180. The van der Waals surface area contributed by atoms with Crippen molar-refractivity contribution in [2.24, 2.45) is 11.8 Å². The van der Waals surface area contributed by atoms with Crippen LogP contribution >= 0.6 is 11.6 Å². The van der Waals surface area contributed by atoms with E-state index in [-0.39, 0.29) is 29.1 Å². The highest BCUT2D eigenvalue weighted by Crippen LogP contribution is 2.43. The minimum Gasteiger partial charge on any atom is -0.478 e. The zero-order valence-corrected chi connectivity index (χ0v) is 19.5. The van der Waals surface area contributed by atoms with Crippen LogP contribution in [0.5, 0.6) is 0 Å². The summed E-state index contributed by atoms with van der Waals surface area (Å²) < 4.78 is 0. The summed E-state index contributed by atoms with van der Waals surface area (Å²) in [6, 6.07) is 22.3. The van der Waals surface area contributed by atoms with Gasteiger partial charge in [0.15, 0.2) is 5.78 Å². The summed E-state index contributed by atoms with van der Waals surface area (Å²) >= 11 is 6.02. The number of carboxylic acids is 1. The van der Waals surface area contributed by atoms with Gasteiger partial charge < -0.3 is 10.4 Å². The van der Waals surface area contributed by atoms with Crippen molar-refractivity contribution in [3.63, 3.8) is 0 Å². The molecule has 2 heterocycles. The van der Waals surface area contributed by atoms with Crippen LogP contribution in [0.25, 0.3) is 0 Å². The zero-order valence-electron chi connectivity index (χ0n) is 18.8. The monoisotopic (exact) mass is 474 g/mol. The van der Waals surface area contributed by atoms with Gasteiger partial charge in [-0.05, 0) is 72.3 Å². The van der Waals surface area contributed by atoms with Crippen LogP contribution in [0.2, 0.25) is 5.02 Å². The summed E-state index contributed by atoms with van der Waals surface area (Å²) in [5.74, 6) is -0.709. The summed E-state index contributed by atoms with van der Waals surface area (Å²) in [5.41, 5.74) is 3.19. The Balaban J connectivity index is 1.52. The molecule has 0 spiro atoms. The number of nitrogens with zero attached hydrogens (tertiary/aromatic N) is 1. The molecule has 3 aromatic carbocycles. The van der Waals surface area contributed by atoms with Crippen molar-refractivity contribution < 1.29 is 14.7 Å². The fourth-order valence-corrected chi connectivity index (χ4v) is 5.82. The maximum absolute atomic E-state index is 13.6. The van der Waals surface area contributed by atoms with Gasteiger partial charge in [0.05, 0.1) is 5.56 Å². The summed E-state index contributed by atoms with van der Waals surface area (Å²) in [6.07, 6.45) is 0. The third-order valence-electron chi connectivity index (χ3n) is 7.08. The molecule has 3 aromatic rings. The molecule has 6 heteroatoms. The van der Waals surface area contributed by atoms with Crippen LogP contribution in [0, 0.1) is 11.8 Å². The molecule has 0 aliphatic carbocycles. The van der Waals surface area contributed by atoms with Gasteiger partial charge in [0.2, 0.25) is 0 Å². The third kappa shape index (κ3) is 4.51. The van der Waals surface area contributed by atoms with Crippen molar-refractivity contribution in [2.75, 3.05) is 26.2 Å². The molecule has 5 nitrogen and oxygen atoms in total. The van der Waals surface area contributed by atoms with Gasteiger partial charge in [-0.1, -0.05) is 54.1 Å². The number of aromatic carboxylic acids is 1. The molecule has 2 aliphatic rings. The number of hydrogen-bond acceptors (Lipinski definition) is 4. The minimum absolute atomic E-state index is 0.00632. The first-order valence-electron chi connectivity index (χ1n) is 11.6. The Morgan fingerprint density at radius 2 is 1.53 bits per heavy atom. The predicted octanol–water partition coefficient (Wildman–Crippen LogP) is 4.70. The maximum Gasteiger partial charge on any atom is 0.335 e. The Kier molecular flexibility index (Phi) is 6.50. The molecule has 0 amide bonds. The van der Waals surface area contributed by atoms with Crippen molar-refractivity contribution in [3.8, 4) is 0 Å². The number of benzene rings is 3. The standard InChI is InChI=1S/C28H27ClN2O3/c29-22-11-9-19(10-12-22)27(32)23-7-4-8-24(28(33)34)26(23)25-20-13-30-14-21(25)17-31(16-20)15-18-5-2-1-3-6-18/h1-12,20-21,25,30H,13-17H2,(H,33,34). The molecule has 2 aliphatic heterocycles. The highest BCUT2D eigenvalue weighted by Gasteiger charge is 2.43. The van der Waals surface area contributed by atoms with Gasteiger partial charge in [-0.25, -0.2) is 4.79 Å². The second-order valence-corrected chi connectivity index (χ2v) is 9.73. The lowest BCUT2D eigenvalue weighted by molar-refractivity contribution is 0.0625. The minimum atomic E-state index is -0.987. The van der Waals surface area contributed by atoms with Crippen LogP contribution < -0.4 is 5.32 Å². The van der Waals surface area contributed by atoms with Crippen molar-refractivity contribution in [1.29, 1.82) is 0 Å². The van der Waals surface area contributed by atoms with Gasteiger partial charge in [0.1, 0.15) is 0 Å². The normalized spacial score (nSPS) is 22.3. The molecule has 34 heavy (non-hydrogen) atoms. The molecule has 2 N–H and O–H groups in total. The van der Waals surface area contributed by atoms with Gasteiger partial charge in [0, 0.05) is 35.8 Å². The van der Waals surface area contributed by atoms with Crippen LogP contribution in [0.15, 0.2) is 72.8 Å². The maximum atomic E-state index is 13.6. The van der Waals surface area contributed by atoms with E-state index in [0.717, 1.165) is 32.7 Å². The second-order valence-electron chi connectivity index (χ2n) is 9.29. The zero-order chi connectivity index (χ0) is 23.7. The molecule has 2 fully saturated rings. The number of carbonyl (C=O) groups excluding carboxylic acids is 1. The number of hydrogen-bond donors (Lipinski definition) is 2. The van der Waals surface area contributed by atoms with E-state index >= 15 is 0 Å². The smallest absolute Gasteiger partial charge is 0.335 e. The topological polar surface area (TPSA) is 69.6 Å². The first-order valence-corrected chi connectivity index (χ1v) is 12.0. The van der Waals surface area contributed by atoms with Crippen LogP contribution in [0.1, 0.15) is 43.3 Å². The molecular weight excluding hydrogens is 448 g/mol. The van der Waals surface area contributed by atoms with Crippen LogP contribution in [0.3, 0.4) is 0 Å². The van der Waals surface area contributed by atoms with Crippen molar-refractivity contribution >= 4 is 23.4 Å². The number of carboxylic acid groups (broad SMARTS) is 1. The molecule has 0 saturated carbocycles. The number of halogens is 1. The molecule has 0 aromatic heterocycles. The first-order chi connectivity index (χ1) is 16.5. The van der Waals surface area contributed by atoms with E-state index < -0.39 is 5.97 Å². The highest BCUT2D eigenvalue weighted by atomic mass is 35.5. The number of ketones is 1. The number of piperidine rings is 2. The van der Waals surface area contributed by atoms with E-state index in [1.807, 2.05) is 6.07 Å². The Hall–Kier alpha value is -2.99. The predicted molar refractivity (Wildman–Crippen MR) is 133 cm³/mol. The fourth-order valence-electron chi connectivity index (χ4n) is 5.69. The summed E-state index contributed by atoms with van der Waals surface area (Å²) in [6.45, 7) is 4.18. The van der Waals surface area contributed by atoms with E-state index in [0.29, 0.717) is 21.7 Å². The number of likely N-dealkylation sites (tertiary alicyclic amines) is 1. The summed E-state index contributed by atoms with van der Waals surface area (Å²) in [4.78, 5) is 28.3. The van der Waals surface area contributed by atoms with Gasteiger partial charge in [0.25, 0.3) is 0 Å². The second kappa shape index (κ2) is 9.71. The van der Waals surface area contributed by atoms with E-state index in [4.69, 9.17) is 11.6 Å². The average Bonchev–Trinajstić information content (AvgIpc) is 2.84. The van der Waals surface area contributed by atoms with Crippen LogP contribution in [-0.2, 0) is 6.54 Å². The summed E-state index contributed by atoms with van der Waals surface area (Å²) in [7, 11) is 0. The van der Waals surface area contributed by atoms with E-state index in [9.17, 15) is 14.7 Å². The number of nitrogens with one attached hydrogen (secondary N) is 1. The number of rotatable bonds is 6. The van der Waals surface area contributed by atoms with Gasteiger partial charge in [-0.15, -0.1) is 0 Å².